The van der Waals surface area contributed by atoms with Crippen LogP contribution in [-0.4, -0.2) is 14.3 Å². The minimum atomic E-state index is -3.92. The van der Waals surface area contributed by atoms with Gasteiger partial charge < -0.3 is 0 Å². The van der Waals surface area contributed by atoms with E-state index >= 15 is 0 Å². The maximum atomic E-state index is 12.4. The Morgan fingerprint density at radius 1 is 1.27 bits per heavy atom. The van der Waals surface area contributed by atoms with E-state index in [1.807, 2.05) is 6.07 Å². The van der Waals surface area contributed by atoms with Crippen molar-refractivity contribution >= 4 is 15.9 Å². The van der Waals surface area contributed by atoms with Crippen LogP contribution in [0.2, 0.25) is 0 Å². The standard InChI is InChI=1S/C16H18N2O3S/c1-10-6-7-11(9-17)8-14(10)22(20,21)18-16(19)15-12-4-2-3-5-13(12)15/h6-8,12-13,15H,2-5H2,1H3,(H,18,19)/t12-,13+,15?. The zero-order valence-corrected chi connectivity index (χ0v) is 13.2. The van der Waals surface area contributed by atoms with Gasteiger partial charge in [0.1, 0.15) is 0 Å². The van der Waals surface area contributed by atoms with Gasteiger partial charge in [-0.1, -0.05) is 18.9 Å². The molecule has 6 heteroatoms. The molecule has 116 valence electrons. The molecule has 2 aliphatic rings. The topological polar surface area (TPSA) is 87.0 Å². The fourth-order valence-electron chi connectivity index (χ4n) is 3.60. The lowest BCUT2D eigenvalue weighted by atomic mass is 10.0. The molecule has 1 N–H and O–H groups in total. The summed E-state index contributed by atoms with van der Waals surface area (Å²) in [6, 6.07) is 6.37. The summed E-state index contributed by atoms with van der Waals surface area (Å²) in [6.45, 7) is 1.65. The van der Waals surface area contributed by atoms with Crippen LogP contribution in [0.1, 0.15) is 36.8 Å². The van der Waals surface area contributed by atoms with E-state index in [-0.39, 0.29) is 16.4 Å². The van der Waals surface area contributed by atoms with Gasteiger partial charge in [-0.2, -0.15) is 5.26 Å². The number of sulfonamides is 1. The summed E-state index contributed by atoms with van der Waals surface area (Å²) in [5.74, 6) is 0.168. The number of nitrogens with one attached hydrogen (secondary N) is 1. The van der Waals surface area contributed by atoms with Gasteiger partial charge in [-0.05, 0) is 49.3 Å². The normalized spacial score (nSPS) is 26.6. The number of benzene rings is 1. The molecule has 1 unspecified atom stereocenters. The monoisotopic (exact) mass is 318 g/mol. The number of carbonyl (C=O) groups is 1. The number of nitrogens with zero attached hydrogens (tertiary/aromatic N) is 1. The molecule has 0 heterocycles. The van der Waals surface area contributed by atoms with Gasteiger partial charge in [-0.15, -0.1) is 0 Å². The highest BCUT2D eigenvalue weighted by Gasteiger charge is 2.55. The van der Waals surface area contributed by atoms with Gasteiger partial charge >= 0.3 is 0 Å². The molecule has 2 saturated carbocycles. The Morgan fingerprint density at radius 3 is 2.50 bits per heavy atom. The van der Waals surface area contributed by atoms with E-state index < -0.39 is 15.9 Å². The molecule has 2 aliphatic carbocycles. The number of hydrogen-bond acceptors (Lipinski definition) is 4. The molecule has 1 amide bonds. The van der Waals surface area contributed by atoms with Crippen LogP contribution in [0.25, 0.3) is 0 Å². The third-order valence-electron chi connectivity index (χ3n) is 4.80. The van der Waals surface area contributed by atoms with Crippen LogP contribution < -0.4 is 4.72 Å². The van der Waals surface area contributed by atoms with E-state index in [4.69, 9.17) is 5.26 Å². The second kappa shape index (κ2) is 5.40. The average molecular weight is 318 g/mol. The minimum Gasteiger partial charge on any atom is -0.274 e. The highest BCUT2D eigenvalue weighted by Crippen LogP contribution is 2.55. The largest absolute Gasteiger partial charge is 0.274 e. The number of nitriles is 1. The van der Waals surface area contributed by atoms with Crippen molar-refractivity contribution in [1.82, 2.24) is 4.72 Å². The summed E-state index contributed by atoms with van der Waals surface area (Å²) in [5, 5.41) is 8.91. The molecule has 0 radical (unpaired) electrons. The highest BCUT2D eigenvalue weighted by atomic mass is 32.2. The fraction of sp³-hybridized carbons (Fsp3) is 0.500. The van der Waals surface area contributed by atoms with Crippen molar-refractivity contribution in [2.75, 3.05) is 0 Å². The second-order valence-electron chi connectivity index (χ2n) is 6.20. The number of fused-ring (bicyclic) bond motifs is 1. The second-order valence-corrected chi connectivity index (χ2v) is 7.85. The Hall–Kier alpha value is -1.87. The van der Waals surface area contributed by atoms with Crippen molar-refractivity contribution in [3.63, 3.8) is 0 Å². The smallest absolute Gasteiger partial charge is 0.264 e. The maximum Gasteiger partial charge on any atom is 0.264 e. The lowest BCUT2D eigenvalue weighted by molar-refractivity contribution is -0.121. The van der Waals surface area contributed by atoms with E-state index in [9.17, 15) is 13.2 Å². The molecule has 0 aliphatic heterocycles. The van der Waals surface area contributed by atoms with Crippen molar-refractivity contribution in [3.05, 3.63) is 29.3 Å². The van der Waals surface area contributed by atoms with Gasteiger partial charge in [-0.25, -0.2) is 13.1 Å². The molecule has 5 nitrogen and oxygen atoms in total. The molecule has 0 bridgehead atoms. The van der Waals surface area contributed by atoms with Crippen molar-refractivity contribution in [1.29, 1.82) is 5.26 Å². The summed E-state index contributed by atoms with van der Waals surface area (Å²) < 4.78 is 27.1. The maximum absolute atomic E-state index is 12.4. The van der Waals surface area contributed by atoms with Gasteiger partial charge in [-0.3, -0.25) is 4.79 Å². The van der Waals surface area contributed by atoms with Crippen LogP contribution in [0.4, 0.5) is 0 Å². The molecule has 1 aromatic carbocycles. The number of carbonyl (C=O) groups excluding carboxylic acids is 1. The zero-order chi connectivity index (χ0) is 15.9. The molecule has 2 fully saturated rings. The zero-order valence-electron chi connectivity index (χ0n) is 12.4. The number of hydrogen-bond donors (Lipinski definition) is 1. The first kappa shape index (κ1) is 15.0. The Labute approximate surface area is 130 Å². The highest BCUT2D eigenvalue weighted by molar-refractivity contribution is 7.90. The molecular formula is C16H18N2O3S. The van der Waals surface area contributed by atoms with Crippen LogP contribution in [0.15, 0.2) is 23.1 Å². The first-order valence-electron chi connectivity index (χ1n) is 7.51. The van der Waals surface area contributed by atoms with Gasteiger partial charge in [0.2, 0.25) is 5.91 Å². The number of rotatable bonds is 3. The molecule has 3 rings (SSSR count). The number of amides is 1. The van der Waals surface area contributed by atoms with Crippen molar-refractivity contribution in [2.24, 2.45) is 17.8 Å². The first-order chi connectivity index (χ1) is 10.4. The molecular weight excluding hydrogens is 300 g/mol. The van der Waals surface area contributed by atoms with Crippen LogP contribution in [0, 0.1) is 36.0 Å². The van der Waals surface area contributed by atoms with Gasteiger partial charge in [0, 0.05) is 5.92 Å². The van der Waals surface area contributed by atoms with Crippen LogP contribution in [0.5, 0.6) is 0 Å². The predicted molar refractivity (Wildman–Crippen MR) is 80.2 cm³/mol. The van der Waals surface area contributed by atoms with Crippen LogP contribution >= 0.6 is 0 Å². The van der Waals surface area contributed by atoms with E-state index in [0.717, 1.165) is 25.7 Å². The van der Waals surface area contributed by atoms with Gasteiger partial charge in [0.15, 0.2) is 0 Å². The molecule has 22 heavy (non-hydrogen) atoms. The molecule has 1 aromatic rings. The summed E-state index contributed by atoms with van der Waals surface area (Å²) in [7, 11) is -3.92. The van der Waals surface area contributed by atoms with Crippen LogP contribution in [-0.2, 0) is 14.8 Å². The first-order valence-corrected chi connectivity index (χ1v) is 9.00. The summed E-state index contributed by atoms with van der Waals surface area (Å²) >= 11 is 0. The van der Waals surface area contributed by atoms with Crippen molar-refractivity contribution < 1.29 is 13.2 Å². The summed E-state index contributed by atoms with van der Waals surface area (Å²) in [5.41, 5.74) is 0.783. The Balaban J connectivity index is 1.79. The lowest BCUT2D eigenvalue weighted by Crippen LogP contribution is -2.33. The molecule has 0 aromatic heterocycles. The van der Waals surface area contributed by atoms with E-state index in [1.165, 1.54) is 6.07 Å². The van der Waals surface area contributed by atoms with Gasteiger partial charge in [0.05, 0.1) is 16.5 Å². The molecule has 3 atom stereocenters. The third-order valence-corrected chi connectivity index (χ3v) is 6.29. The van der Waals surface area contributed by atoms with E-state index in [1.54, 1.807) is 19.1 Å². The molecule has 0 spiro atoms. The predicted octanol–water partition coefficient (Wildman–Crippen LogP) is 2.11. The Bertz CT molecular complexity index is 752. The summed E-state index contributed by atoms with van der Waals surface area (Å²) in [6.07, 6.45) is 4.29. The van der Waals surface area contributed by atoms with E-state index in [0.29, 0.717) is 17.4 Å². The molecule has 0 saturated heterocycles. The number of aryl methyl sites for hydroxylation is 1. The average Bonchev–Trinajstić information content (AvgIpc) is 3.21. The van der Waals surface area contributed by atoms with Crippen molar-refractivity contribution in [2.45, 2.75) is 37.5 Å². The third kappa shape index (κ3) is 2.61. The minimum absolute atomic E-state index is 0.00326. The van der Waals surface area contributed by atoms with Crippen molar-refractivity contribution in [3.8, 4) is 6.07 Å². The quantitative estimate of drug-likeness (QED) is 0.924. The Morgan fingerprint density at radius 2 is 1.91 bits per heavy atom. The SMILES string of the molecule is Cc1ccc(C#N)cc1S(=O)(=O)NC(=O)C1[C@H]2CCCC[C@@H]12. The van der Waals surface area contributed by atoms with Crippen LogP contribution in [0.3, 0.4) is 0 Å². The van der Waals surface area contributed by atoms with E-state index in [2.05, 4.69) is 4.72 Å². The summed E-state index contributed by atoms with van der Waals surface area (Å²) in [4.78, 5) is 12.3. The van der Waals surface area contributed by atoms with Gasteiger partial charge in [0.25, 0.3) is 10.0 Å². The Kier molecular flexibility index (Phi) is 3.69. The lowest BCUT2D eigenvalue weighted by Gasteiger charge is -2.09. The fourth-order valence-corrected chi connectivity index (χ4v) is 4.88.